The summed E-state index contributed by atoms with van der Waals surface area (Å²) in [4.78, 5) is 0. The van der Waals surface area contributed by atoms with E-state index in [0.717, 1.165) is 18.4 Å². The molecule has 2 unspecified atom stereocenters. The number of rotatable bonds is 5. The summed E-state index contributed by atoms with van der Waals surface area (Å²) in [6.45, 7) is 0.973. The first kappa shape index (κ1) is 12.8. The molecular weight excluding hydrogens is 256 g/mol. The van der Waals surface area contributed by atoms with Crippen LogP contribution >= 0.6 is 0 Å². The summed E-state index contributed by atoms with van der Waals surface area (Å²) in [7, 11) is 0. The molecule has 0 heterocycles. The van der Waals surface area contributed by atoms with Crippen LogP contribution in [0, 0.1) is 28.9 Å². The zero-order valence-electron chi connectivity index (χ0n) is 11.7. The van der Waals surface area contributed by atoms with Crippen molar-refractivity contribution < 1.29 is 8.78 Å². The highest BCUT2D eigenvalue weighted by atomic mass is 19.2. The van der Waals surface area contributed by atoms with E-state index in [1.165, 1.54) is 38.2 Å². The van der Waals surface area contributed by atoms with E-state index in [-0.39, 0.29) is 5.41 Å². The fraction of sp³-hybridized carbons (Fsp3) is 0.647. The topological polar surface area (TPSA) is 12.0 Å². The van der Waals surface area contributed by atoms with E-state index in [2.05, 4.69) is 5.32 Å². The summed E-state index contributed by atoms with van der Waals surface area (Å²) in [5.74, 6) is 0.357. The van der Waals surface area contributed by atoms with Gasteiger partial charge < -0.3 is 5.32 Å². The molecule has 108 valence electrons. The van der Waals surface area contributed by atoms with Crippen molar-refractivity contribution in [3.05, 3.63) is 35.4 Å². The maximum absolute atomic E-state index is 13.9. The second-order valence-electron chi connectivity index (χ2n) is 7.21. The van der Waals surface area contributed by atoms with Gasteiger partial charge in [-0.3, -0.25) is 0 Å². The van der Waals surface area contributed by atoms with Crippen LogP contribution in [0.25, 0.3) is 0 Å². The van der Waals surface area contributed by atoms with E-state index in [1.807, 2.05) is 0 Å². The smallest absolute Gasteiger partial charge is 0.162 e. The molecule has 1 aromatic rings. The van der Waals surface area contributed by atoms with Crippen molar-refractivity contribution in [3.8, 4) is 0 Å². The van der Waals surface area contributed by atoms with Crippen LogP contribution in [0.4, 0.5) is 8.78 Å². The lowest BCUT2D eigenvalue weighted by atomic mass is 9.77. The van der Waals surface area contributed by atoms with Gasteiger partial charge in [-0.1, -0.05) is 12.1 Å². The van der Waals surface area contributed by atoms with Gasteiger partial charge in [-0.15, -0.1) is 0 Å². The summed E-state index contributed by atoms with van der Waals surface area (Å²) in [5, 5.41) is 3.62. The monoisotopic (exact) mass is 277 g/mol. The minimum absolute atomic E-state index is 0.158. The van der Waals surface area contributed by atoms with Gasteiger partial charge in [0.15, 0.2) is 11.6 Å². The van der Waals surface area contributed by atoms with Crippen LogP contribution in [0.1, 0.15) is 37.7 Å². The van der Waals surface area contributed by atoms with Crippen LogP contribution < -0.4 is 5.32 Å². The van der Waals surface area contributed by atoms with Gasteiger partial charge in [0.05, 0.1) is 0 Å². The molecule has 2 atom stereocenters. The van der Waals surface area contributed by atoms with Crippen molar-refractivity contribution in [2.45, 2.75) is 44.6 Å². The maximum Gasteiger partial charge on any atom is 0.162 e. The van der Waals surface area contributed by atoms with Crippen LogP contribution in [-0.2, 0) is 6.42 Å². The lowest BCUT2D eigenvalue weighted by molar-refractivity contribution is 0.244. The van der Waals surface area contributed by atoms with E-state index in [1.54, 1.807) is 12.1 Å². The first-order valence-corrected chi connectivity index (χ1v) is 7.81. The van der Waals surface area contributed by atoms with Gasteiger partial charge in [-0.05, 0) is 67.4 Å². The zero-order chi connectivity index (χ0) is 13.7. The summed E-state index contributed by atoms with van der Waals surface area (Å²) in [5.41, 5.74) is 0.717. The van der Waals surface area contributed by atoms with E-state index < -0.39 is 11.6 Å². The molecule has 20 heavy (non-hydrogen) atoms. The maximum atomic E-state index is 13.9. The number of benzene rings is 1. The normalized spacial score (nSPS) is 35.1. The molecule has 0 saturated heterocycles. The second kappa shape index (κ2) is 4.52. The predicted molar refractivity (Wildman–Crippen MR) is 74.4 cm³/mol. The molecule has 3 fully saturated rings. The number of halogens is 2. The Bertz CT molecular complexity index is 514. The molecule has 3 aliphatic carbocycles. The van der Waals surface area contributed by atoms with Crippen LogP contribution in [0.3, 0.4) is 0 Å². The Morgan fingerprint density at radius 1 is 1.15 bits per heavy atom. The van der Waals surface area contributed by atoms with Gasteiger partial charge in [-0.25, -0.2) is 8.78 Å². The highest BCUT2D eigenvalue weighted by Crippen LogP contribution is 2.60. The third-order valence-electron chi connectivity index (χ3n) is 5.40. The molecule has 3 aliphatic rings. The van der Waals surface area contributed by atoms with E-state index >= 15 is 0 Å². The van der Waals surface area contributed by atoms with Crippen LogP contribution in [0.15, 0.2) is 18.2 Å². The Labute approximate surface area is 118 Å². The van der Waals surface area contributed by atoms with Gasteiger partial charge in [0.25, 0.3) is 0 Å². The number of fused-ring (bicyclic) bond motifs is 1. The van der Waals surface area contributed by atoms with Crippen molar-refractivity contribution in [2.75, 3.05) is 6.54 Å². The third kappa shape index (κ3) is 2.37. The average molecular weight is 277 g/mol. The van der Waals surface area contributed by atoms with E-state index in [9.17, 15) is 8.78 Å². The van der Waals surface area contributed by atoms with Crippen molar-refractivity contribution in [1.29, 1.82) is 0 Å². The van der Waals surface area contributed by atoms with Crippen molar-refractivity contribution in [3.63, 3.8) is 0 Å². The van der Waals surface area contributed by atoms with Gasteiger partial charge >= 0.3 is 0 Å². The second-order valence-corrected chi connectivity index (χ2v) is 7.21. The quantitative estimate of drug-likeness (QED) is 0.866. The molecule has 3 saturated carbocycles. The molecule has 0 radical (unpaired) electrons. The first-order valence-electron chi connectivity index (χ1n) is 7.81. The van der Waals surface area contributed by atoms with Crippen LogP contribution in [0.2, 0.25) is 0 Å². The molecule has 1 N–H and O–H groups in total. The summed E-state index contributed by atoms with van der Waals surface area (Å²) in [6.07, 6.45) is 6.97. The van der Waals surface area contributed by atoms with Gasteiger partial charge in [-0.2, -0.15) is 0 Å². The average Bonchev–Trinajstić information content (AvgIpc) is 3.34. The summed E-state index contributed by atoms with van der Waals surface area (Å²) >= 11 is 0. The molecule has 3 heteroatoms. The molecule has 1 aromatic carbocycles. The number of hydrogen-bond donors (Lipinski definition) is 1. The van der Waals surface area contributed by atoms with Gasteiger partial charge in [0.1, 0.15) is 0 Å². The molecule has 0 amide bonds. The van der Waals surface area contributed by atoms with E-state index in [4.69, 9.17) is 0 Å². The Balaban J connectivity index is 1.53. The fourth-order valence-corrected chi connectivity index (χ4v) is 4.09. The molecular formula is C17H21F2N. The highest BCUT2D eigenvalue weighted by molar-refractivity contribution is 5.22. The lowest BCUT2D eigenvalue weighted by Gasteiger charge is -2.32. The van der Waals surface area contributed by atoms with E-state index in [0.29, 0.717) is 18.0 Å². The Morgan fingerprint density at radius 2 is 1.90 bits per heavy atom. The minimum Gasteiger partial charge on any atom is -0.313 e. The first-order chi connectivity index (χ1) is 9.65. The minimum atomic E-state index is -0.712. The molecule has 0 aromatic heterocycles. The zero-order valence-corrected chi connectivity index (χ0v) is 11.7. The van der Waals surface area contributed by atoms with Crippen LogP contribution in [-0.4, -0.2) is 12.6 Å². The molecule has 1 nitrogen and oxygen atoms in total. The number of hydrogen-bond acceptors (Lipinski definition) is 1. The predicted octanol–water partition coefficient (Wildman–Crippen LogP) is 3.68. The fourth-order valence-electron chi connectivity index (χ4n) is 4.09. The van der Waals surface area contributed by atoms with Crippen molar-refractivity contribution in [2.24, 2.45) is 17.3 Å². The Morgan fingerprint density at radius 3 is 2.60 bits per heavy atom. The van der Waals surface area contributed by atoms with Gasteiger partial charge in [0, 0.05) is 12.6 Å². The highest BCUT2D eigenvalue weighted by Gasteiger charge is 2.53. The van der Waals surface area contributed by atoms with Crippen LogP contribution in [0.5, 0.6) is 0 Å². The molecule has 0 bridgehead atoms. The Kier molecular flexibility index (Phi) is 2.88. The SMILES string of the molecule is Fc1cccc(CC2(CNC3CC3)CC3CC3C2)c1F. The van der Waals surface area contributed by atoms with Gasteiger partial charge in [0.2, 0.25) is 0 Å². The third-order valence-corrected chi connectivity index (χ3v) is 5.40. The standard InChI is InChI=1S/C17H21F2N/c18-15-3-1-2-11(16(15)19)7-17(10-20-14-4-5-14)8-12-6-13(12)9-17/h1-3,12-14,20H,4-10H2. The van der Waals surface area contributed by atoms with Crippen molar-refractivity contribution >= 4 is 0 Å². The number of nitrogens with one attached hydrogen (secondary N) is 1. The Hall–Kier alpha value is -0.960. The molecule has 4 rings (SSSR count). The largest absolute Gasteiger partial charge is 0.313 e. The molecule has 0 spiro atoms. The summed E-state index contributed by atoms with van der Waals surface area (Å²) < 4.78 is 27.3. The lowest BCUT2D eigenvalue weighted by Crippen LogP contribution is -2.36. The van der Waals surface area contributed by atoms with Crippen molar-refractivity contribution in [1.82, 2.24) is 5.32 Å². The summed E-state index contributed by atoms with van der Waals surface area (Å²) in [6, 6.07) is 5.27. The molecule has 0 aliphatic heterocycles.